The van der Waals surface area contributed by atoms with Gasteiger partial charge in [0.1, 0.15) is 14.0 Å². The lowest BCUT2D eigenvalue weighted by molar-refractivity contribution is 0.347. The van der Waals surface area contributed by atoms with Gasteiger partial charge in [-0.25, -0.2) is 16.8 Å². The summed E-state index contributed by atoms with van der Waals surface area (Å²) in [6, 6.07) is 3.26. The Labute approximate surface area is 125 Å². The van der Waals surface area contributed by atoms with Crippen molar-refractivity contribution in [3.63, 3.8) is 0 Å². The summed E-state index contributed by atoms with van der Waals surface area (Å²) in [5, 5.41) is -0.422. The molecule has 1 aromatic heterocycles. The van der Waals surface area contributed by atoms with E-state index in [4.69, 9.17) is 0 Å². The minimum Gasteiger partial charge on any atom is -0.229 e. The van der Waals surface area contributed by atoms with E-state index in [1.165, 1.54) is 10.6 Å². The minimum atomic E-state index is -3.48. The number of hydrogen-bond donors (Lipinski definition) is 0. The molecule has 1 aliphatic rings. The van der Waals surface area contributed by atoms with Gasteiger partial charge in [-0.1, -0.05) is 0 Å². The van der Waals surface area contributed by atoms with Crippen molar-refractivity contribution in [2.24, 2.45) is 0 Å². The van der Waals surface area contributed by atoms with Crippen LogP contribution < -0.4 is 0 Å². The molecule has 0 aliphatic carbocycles. The van der Waals surface area contributed by atoms with E-state index in [2.05, 4.69) is 15.9 Å². The monoisotopic (exact) mass is 387 g/mol. The molecule has 5 nitrogen and oxygen atoms in total. The van der Waals surface area contributed by atoms with Crippen molar-refractivity contribution < 1.29 is 16.8 Å². The molecule has 1 aliphatic heterocycles. The molecule has 1 saturated heterocycles. The Bertz CT molecular complexity index is 657. The van der Waals surface area contributed by atoms with E-state index in [0.717, 1.165) is 15.1 Å². The second-order valence-electron chi connectivity index (χ2n) is 4.49. The van der Waals surface area contributed by atoms with Gasteiger partial charge < -0.3 is 0 Å². The number of piperidine rings is 1. The summed E-state index contributed by atoms with van der Waals surface area (Å²) < 4.78 is 50.0. The number of halogens is 1. The largest absolute Gasteiger partial charge is 0.252 e. The van der Waals surface area contributed by atoms with Gasteiger partial charge in [-0.15, -0.1) is 11.3 Å². The van der Waals surface area contributed by atoms with Crippen molar-refractivity contribution in [2.45, 2.75) is 22.3 Å². The molecule has 1 fully saturated rings. The zero-order valence-electron chi connectivity index (χ0n) is 10.2. The van der Waals surface area contributed by atoms with Gasteiger partial charge in [0.2, 0.25) is 0 Å². The van der Waals surface area contributed by atoms with Crippen LogP contribution in [0.1, 0.15) is 12.8 Å². The number of rotatable bonds is 3. The number of thiophene rings is 1. The van der Waals surface area contributed by atoms with Gasteiger partial charge in [-0.2, -0.15) is 4.31 Å². The molecule has 9 heteroatoms. The Balaban J connectivity index is 2.14. The smallest absolute Gasteiger partial charge is 0.229 e. The SMILES string of the molecule is CS(=O)(=O)C1CCN(S(=O)(=O)c2ccc(Br)s2)CC1. The first kappa shape index (κ1) is 15.4. The predicted octanol–water partition coefficient (Wildman–Crippen LogP) is 1.71. The highest BCUT2D eigenvalue weighted by Crippen LogP contribution is 2.30. The molecule has 0 atom stereocenters. The topological polar surface area (TPSA) is 71.5 Å². The molecule has 0 aromatic carbocycles. The normalized spacial score (nSPS) is 19.7. The summed E-state index contributed by atoms with van der Waals surface area (Å²) in [4.78, 5) is 0. The summed E-state index contributed by atoms with van der Waals surface area (Å²) in [6.07, 6.45) is 1.94. The predicted molar refractivity (Wildman–Crippen MR) is 78.6 cm³/mol. The highest BCUT2D eigenvalue weighted by Gasteiger charge is 2.33. The fourth-order valence-corrected chi connectivity index (χ4v) is 6.77. The zero-order chi connectivity index (χ0) is 14.3. The summed E-state index contributed by atoms with van der Waals surface area (Å²) >= 11 is 4.40. The number of nitrogens with zero attached hydrogens (tertiary/aromatic N) is 1. The van der Waals surface area contributed by atoms with Gasteiger partial charge in [0, 0.05) is 19.3 Å². The lowest BCUT2D eigenvalue weighted by atomic mass is 10.2. The second kappa shape index (κ2) is 5.44. The van der Waals surface area contributed by atoms with Crippen LogP contribution in [0.3, 0.4) is 0 Å². The van der Waals surface area contributed by atoms with Crippen molar-refractivity contribution in [2.75, 3.05) is 19.3 Å². The summed E-state index contributed by atoms with van der Waals surface area (Å²) in [7, 11) is -6.56. The molecule has 0 radical (unpaired) electrons. The third-order valence-corrected chi connectivity index (χ3v) is 8.82. The maximum Gasteiger partial charge on any atom is 0.252 e. The van der Waals surface area contributed by atoms with E-state index in [-0.39, 0.29) is 17.3 Å². The van der Waals surface area contributed by atoms with Crippen LogP contribution in [0.4, 0.5) is 0 Å². The van der Waals surface area contributed by atoms with Crippen LogP contribution >= 0.6 is 27.3 Å². The van der Waals surface area contributed by atoms with E-state index >= 15 is 0 Å². The molecular formula is C10H14BrNO4S3. The highest BCUT2D eigenvalue weighted by molar-refractivity contribution is 9.11. The third-order valence-electron chi connectivity index (χ3n) is 3.15. The number of sulfone groups is 1. The molecule has 2 rings (SSSR count). The molecule has 0 saturated carbocycles. The van der Waals surface area contributed by atoms with Crippen LogP contribution in [0, 0.1) is 0 Å². The fourth-order valence-electron chi connectivity index (χ4n) is 2.06. The zero-order valence-corrected chi connectivity index (χ0v) is 14.3. The molecule has 0 spiro atoms. The van der Waals surface area contributed by atoms with Gasteiger partial charge in [-0.3, -0.25) is 0 Å². The minimum absolute atomic E-state index is 0.260. The van der Waals surface area contributed by atoms with E-state index in [1.54, 1.807) is 12.1 Å². The maximum atomic E-state index is 12.3. The molecular weight excluding hydrogens is 374 g/mol. The molecule has 19 heavy (non-hydrogen) atoms. The lowest BCUT2D eigenvalue weighted by Gasteiger charge is -2.29. The Morgan fingerprint density at radius 3 is 2.21 bits per heavy atom. The van der Waals surface area contributed by atoms with Crippen molar-refractivity contribution in [1.29, 1.82) is 0 Å². The van der Waals surface area contributed by atoms with Crippen LogP contribution in [0.25, 0.3) is 0 Å². The molecule has 0 amide bonds. The highest BCUT2D eigenvalue weighted by atomic mass is 79.9. The van der Waals surface area contributed by atoms with Crippen LogP contribution in [-0.2, 0) is 19.9 Å². The maximum absolute atomic E-state index is 12.3. The standard InChI is InChI=1S/C10H14BrNO4S3/c1-18(13,14)8-4-6-12(7-5-8)19(15,16)10-3-2-9(11)17-10/h2-3,8H,4-7H2,1H3. The number of sulfonamides is 1. The first-order chi connectivity index (χ1) is 8.71. The van der Waals surface area contributed by atoms with Crippen molar-refractivity contribution >= 4 is 47.1 Å². The van der Waals surface area contributed by atoms with E-state index < -0.39 is 25.1 Å². The molecule has 0 N–H and O–H groups in total. The second-order valence-corrected chi connectivity index (χ2v) is 11.4. The first-order valence-electron chi connectivity index (χ1n) is 5.65. The average molecular weight is 388 g/mol. The fraction of sp³-hybridized carbons (Fsp3) is 0.600. The van der Waals surface area contributed by atoms with E-state index in [9.17, 15) is 16.8 Å². The molecule has 0 bridgehead atoms. The Kier molecular flexibility index (Phi) is 4.41. The Morgan fingerprint density at radius 2 is 1.79 bits per heavy atom. The quantitative estimate of drug-likeness (QED) is 0.791. The third kappa shape index (κ3) is 3.38. The van der Waals surface area contributed by atoms with Gasteiger partial charge in [-0.05, 0) is 40.9 Å². The summed E-state index contributed by atoms with van der Waals surface area (Å²) in [5.41, 5.74) is 0. The summed E-state index contributed by atoms with van der Waals surface area (Å²) in [6.45, 7) is 0.519. The van der Waals surface area contributed by atoms with E-state index in [1.807, 2.05) is 0 Å². The van der Waals surface area contributed by atoms with Gasteiger partial charge in [0.05, 0.1) is 9.04 Å². The van der Waals surface area contributed by atoms with Gasteiger partial charge in [0.15, 0.2) is 0 Å². The molecule has 1 aromatic rings. The van der Waals surface area contributed by atoms with Crippen LogP contribution in [-0.4, -0.2) is 45.7 Å². The van der Waals surface area contributed by atoms with Gasteiger partial charge in [0.25, 0.3) is 10.0 Å². The first-order valence-corrected chi connectivity index (χ1v) is 10.7. The van der Waals surface area contributed by atoms with Crippen molar-refractivity contribution in [1.82, 2.24) is 4.31 Å². The van der Waals surface area contributed by atoms with Crippen LogP contribution in [0.15, 0.2) is 20.1 Å². The molecule has 0 unspecified atom stereocenters. The number of hydrogen-bond acceptors (Lipinski definition) is 5. The summed E-state index contributed by atoms with van der Waals surface area (Å²) in [5.74, 6) is 0. The van der Waals surface area contributed by atoms with Crippen molar-refractivity contribution in [3.05, 3.63) is 15.9 Å². The molecule has 108 valence electrons. The van der Waals surface area contributed by atoms with E-state index in [0.29, 0.717) is 12.8 Å². The lowest BCUT2D eigenvalue weighted by Crippen LogP contribution is -2.41. The Morgan fingerprint density at radius 1 is 1.21 bits per heavy atom. The molecule has 2 heterocycles. The Hall–Kier alpha value is 0.0400. The van der Waals surface area contributed by atoms with Gasteiger partial charge >= 0.3 is 0 Å². The average Bonchev–Trinajstić information content (AvgIpc) is 2.76. The van der Waals surface area contributed by atoms with Crippen LogP contribution in [0.5, 0.6) is 0 Å². The van der Waals surface area contributed by atoms with Crippen LogP contribution in [0.2, 0.25) is 0 Å². The van der Waals surface area contributed by atoms with Crippen molar-refractivity contribution in [3.8, 4) is 0 Å².